The molecule has 156 valence electrons. The fourth-order valence-electron chi connectivity index (χ4n) is 3.26. The Hall–Kier alpha value is -3.48. The molecule has 30 heavy (non-hydrogen) atoms. The molecule has 0 radical (unpaired) electrons. The molecule has 0 bridgehead atoms. The molecule has 0 saturated heterocycles. The summed E-state index contributed by atoms with van der Waals surface area (Å²) in [5.41, 5.74) is 0.928. The second-order valence-electron chi connectivity index (χ2n) is 7.02. The van der Waals surface area contributed by atoms with E-state index in [-0.39, 0.29) is 17.2 Å². The van der Waals surface area contributed by atoms with Crippen molar-refractivity contribution in [3.63, 3.8) is 0 Å². The van der Waals surface area contributed by atoms with Gasteiger partial charge < -0.3 is 10.6 Å². The van der Waals surface area contributed by atoms with E-state index in [4.69, 9.17) is 0 Å². The first-order valence-electron chi connectivity index (χ1n) is 10.2. The molecule has 3 aromatic rings. The van der Waals surface area contributed by atoms with E-state index in [1.54, 1.807) is 48.5 Å². The Bertz CT molecular complexity index is 1120. The fraction of sp³-hybridized carbons (Fsp3) is 0.304. The zero-order chi connectivity index (χ0) is 21.5. The Morgan fingerprint density at radius 2 is 1.73 bits per heavy atom. The fourth-order valence-corrected chi connectivity index (χ4v) is 3.26. The summed E-state index contributed by atoms with van der Waals surface area (Å²) in [7, 11) is 0. The molecule has 0 fully saturated rings. The van der Waals surface area contributed by atoms with Crippen LogP contribution in [0.1, 0.15) is 54.0 Å². The van der Waals surface area contributed by atoms with Crippen LogP contribution in [0.5, 0.6) is 0 Å². The lowest BCUT2D eigenvalue weighted by molar-refractivity contribution is 0.0954. The molecule has 0 aliphatic carbocycles. The number of nitrogens with zero attached hydrogens (tertiary/aromatic N) is 2. The number of amides is 2. The van der Waals surface area contributed by atoms with Gasteiger partial charge in [-0.05, 0) is 37.6 Å². The highest BCUT2D eigenvalue weighted by molar-refractivity contribution is 6.11. The third kappa shape index (κ3) is 4.74. The normalized spacial score (nSPS) is 10.7. The summed E-state index contributed by atoms with van der Waals surface area (Å²) in [6.45, 7) is 4.91. The first kappa shape index (κ1) is 21.2. The van der Waals surface area contributed by atoms with Crippen LogP contribution in [0.2, 0.25) is 0 Å². The number of rotatable bonds is 8. The Morgan fingerprint density at radius 3 is 2.47 bits per heavy atom. The summed E-state index contributed by atoms with van der Waals surface area (Å²) < 4.78 is 1.37. The van der Waals surface area contributed by atoms with Crippen molar-refractivity contribution in [3.8, 4) is 0 Å². The number of nitrogens with one attached hydrogen (secondary N) is 2. The Labute approximate surface area is 175 Å². The minimum absolute atomic E-state index is 0.185. The molecule has 1 aromatic heterocycles. The third-order valence-electron chi connectivity index (χ3n) is 4.78. The number of aryl methyl sites for hydroxylation is 1. The predicted molar refractivity (Wildman–Crippen MR) is 118 cm³/mol. The molecule has 3 rings (SSSR count). The smallest absolute Gasteiger partial charge is 0.276 e. The predicted octanol–water partition coefficient (Wildman–Crippen LogP) is 3.59. The van der Waals surface area contributed by atoms with E-state index in [0.717, 1.165) is 19.3 Å². The van der Waals surface area contributed by atoms with Crippen LogP contribution in [0.25, 0.3) is 10.8 Å². The molecule has 2 amide bonds. The highest BCUT2D eigenvalue weighted by Crippen LogP contribution is 2.17. The molecule has 1 heterocycles. The molecule has 0 atom stereocenters. The maximum absolute atomic E-state index is 13.0. The van der Waals surface area contributed by atoms with E-state index in [0.29, 0.717) is 35.1 Å². The van der Waals surface area contributed by atoms with Crippen LogP contribution in [0, 0.1) is 0 Å². The van der Waals surface area contributed by atoms with Crippen molar-refractivity contribution in [2.75, 3.05) is 11.9 Å². The highest BCUT2D eigenvalue weighted by atomic mass is 16.2. The summed E-state index contributed by atoms with van der Waals surface area (Å²) in [6, 6.07) is 13.7. The van der Waals surface area contributed by atoms with E-state index < -0.39 is 5.91 Å². The molecular weight excluding hydrogens is 380 g/mol. The second kappa shape index (κ2) is 9.82. The van der Waals surface area contributed by atoms with Crippen molar-refractivity contribution in [1.29, 1.82) is 0 Å². The molecular formula is C23H26N4O3. The van der Waals surface area contributed by atoms with Gasteiger partial charge in [0.25, 0.3) is 17.4 Å². The van der Waals surface area contributed by atoms with Crippen LogP contribution in [0.15, 0.2) is 53.3 Å². The largest absolute Gasteiger partial charge is 0.352 e. The van der Waals surface area contributed by atoms with E-state index >= 15 is 0 Å². The van der Waals surface area contributed by atoms with Crippen LogP contribution >= 0.6 is 0 Å². The Kier molecular flexibility index (Phi) is 6.95. The Balaban J connectivity index is 1.95. The summed E-state index contributed by atoms with van der Waals surface area (Å²) in [6.07, 6.45) is 2.82. The highest BCUT2D eigenvalue weighted by Gasteiger charge is 2.17. The van der Waals surface area contributed by atoms with Gasteiger partial charge >= 0.3 is 0 Å². The third-order valence-corrected chi connectivity index (χ3v) is 4.78. The number of hydrogen-bond acceptors (Lipinski definition) is 4. The van der Waals surface area contributed by atoms with Gasteiger partial charge in [-0.25, -0.2) is 4.68 Å². The molecule has 0 aliphatic heterocycles. The monoisotopic (exact) mass is 406 g/mol. The van der Waals surface area contributed by atoms with Gasteiger partial charge in [-0.15, -0.1) is 0 Å². The maximum atomic E-state index is 13.0. The first-order chi connectivity index (χ1) is 14.5. The number of unbranched alkanes of at least 4 members (excludes halogenated alkanes) is 2. The quantitative estimate of drug-likeness (QED) is 0.559. The molecule has 0 spiro atoms. The molecule has 7 nitrogen and oxygen atoms in total. The van der Waals surface area contributed by atoms with E-state index in [1.807, 2.05) is 6.92 Å². The van der Waals surface area contributed by atoms with Crippen molar-refractivity contribution in [3.05, 3.63) is 70.1 Å². The average Bonchev–Trinajstić information content (AvgIpc) is 2.76. The van der Waals surface area contributed by atoms with E-state index in [1.165, 1.54) is 4.68 Å². The number of fused-ring (bicyclic) bond motifs is 1. The zero-order valence-corrected chi connectivity index (χ0v) is 17.3. The summed E-state index contributed by atoms with van der Waals surface area (Å²) in [5.74, 6) is -0.634. The molecule has 7 heteroatoms. The molecule has 0 unspecified atom stereocenters. The summed E-state index contributed by atoms with van der Waals surface area (Å²) in [4.78, 5) is 37.9. The van der Waals surface area contributed by atoms with Gasteiger partial charge in [0.2, 0.25) is 0 Å². The topological polar surface area (TPSA) is 93.1 Å². The van der Waals surface area contributed by atoms with E-state index in [2.05, 4.69) is 22.7 Å². The van der Waals surface area contributed by atoms with Crippen LogP contribution in [-0.2, 0) is 6.54 Å². The van der Waals surface area contributed by atoms with Crippen molar-refractivity contribution >= 4 is 28.3 Å². The zero-order valence-electron chi connectivity index (χ0n) is 17.3. The maximum Gasteiger partial charge on any atom is 0.276 e. The van der Waals surface area contributed by atoms with Gasteiger partial charge in [0.15, 0.2) is 5.69 Å². The number of carbonyl (C=O) groups is 2. The average molecular weight is 406 g/mol. The van der Waals surface area contributed by atoms with Gasteiger partial charge in [-0.2, -0.15) is 5.10 Å². The van der Waals surface area contributed by atoms with Crippen LogP contribution in [0.4, 0.5) is 5.69 Å². The number of aromatic nitrogens is 2. The Morgan fingerprint density at radius 1 is 0.967 bits per heavy atom. The lowest BCUT2D eigenvalue weighted by Crippen LogP contribution is -2.28. The van der Waals surface area contributed by atoms with Gasteiger partial charge in [0.1, 0.15) is 0 Å². The van der Waals surface area contributed by atoms with Crippen LogP contribution in [-0.4, -0.2) is 28.1 Å². The van der Waals surface area contributed by atoms with Gasteiger partial charge in [0.05, 0.1) is 5.39 Å². The van der Waals surface area contributed by atoms with Crippen molar-refractivity contribution in [2.24, 2.45) is 0 Å². The standard InChI is InChI=1S/C23H26N4O3/c1-3-5-8-14-27-23(30)19-13-7-6-12-18(19)20(26-27)22(29)25-17-11-9-10-16(15-17)21(28)24-4-2/h6-7,9-13,15H,3-5,8,14H2,1-2H3,(H,24,28)(H,25,29). The lowest BCUT2D eigenvalue weighted by Gasteiger charge is -2.12. The molecule has 2 aromatic carbocycles. The SMILES string of the molecule is CCCCCn1nc(C(=O)Nc2cccc(C(=O)NCC)c2)c2ccccc2c1=O. The summed E-state index contributed by atoms with van der Waals surface area (Å²) in [5, 5.41) is 10.9. The van der Waals surface area contributed by atoms with Crippen molar-refractivity contribution in [2.45, 2.75) is 39.7 Å². The molecule has 0 saturated carbocycles. The molecule has 2 N–H and O–H groups in total. The number of anilines is 1. The van der Waals surface area contributed by atoms with Gasteiger partial charge in [-0.3, -0.25) is 14.4 Å². The van der Waals surface area contributed by atoms with Crippen LogP contribution < -0.4 is 16.2 Å². The van der Waals surface area contributed by atoms with Gasteiger partial charge in [0, 0.05) is 29.7 Å². The minimum atomic E-state index is -0.427. The lowest BCUT2D eigenvalue weighted by atomic mass is 10.1. The first-order valence-corrected chi connectivity index (χ1v) is 10.2. The second-order valence-corrected chi connectivity index (χ2v) is 7.02. The van der Waals surface area contributed by atoms with E-state index in [9.17, 15) is 14.4 Å². The summed E-state index contributed by atoms with van der Waals surface area (Å²) >= 11 is 0. The van der Waals surface area contributed by atoms with Gasteiger partial charge in [-0.1, -0.05) is 44.0 Å². The molecule has 0 aliphatic rings. The minimum Gasteiger partial charge on any atom is -0.352 e. The van der Waals surface area contributed by atoms with Crippen LogP contribution in [0.3, 0.4) is 0 Å². The van der Waals surface area contributed by atoms with Crippen molar-refractivity contribution in [1.82, 2.24) is 15.1 Å². The number of benzene rings is 2. The number of hydrogen-bond donors (Lipinski definition) is 2. The number of carbonyl (C=O) groups excluding carboxylic acids is 2. The van der Waals surface area contributed by atoms with Crippen molar-refractivity contribution < 1.29 is 9.59 Å².